The summed E-state index contributed by atoms with van der Waals surface area (Å²) in [5, 5.41) is 1.10. The zero-order valence-corrected chi connectivity index (χ0v) is 9.52. The quantitative estimate of drug-likeness (QED) is 0.819. The van der Waals surface area contributed by atoms with Crippen molar-refractivity contribution in [3.05, 3.63) is 30.5 Å². The molecule has 1 amide bonds. The Hall–Kier alpha value is -1.81. The fraction of sp³-hybridized carbons (Fsp3) is 0.308. The van der Waals surface area contributed by atoms with Crippen molar-refractivity contribution in [2.24, 2.45) is 11.7 Å². The first-order chi connectivity index (χ1) is 8.29. The molecule has 0 radical (unpaired) electrons. The summed E-state index contributed by atoms with van der Waals surface area (Å²) in [4.78, 5) is 17.0. The number of carbonyl (C=O) groups excluding carboxylic acids is 1. The van der Waals surface area contributed by atoms with Gasteiger partial charge >= 0.3 is 0 Å². The summed E-state index contributed by atoms with van der Waals surface area (Å²) >= 11 is 0. The number of hydrogen-bond donors (Lipinski definition) is 2. The summed E-state index contributed by atoms with van der Waals surface area (Å²) in [6.07, 6.45) is 2.46. The van der Waals surface area contributed by atoms with Crippen LogP contribution in [0.1, 0.15) is 6.42 Å². The second kappa shape index (κ2) is 3.89. The number of fused-ring (bicyclic) bond motifs is 1. The van der Waals surface area contributed by atoms with Crippen molar-refractivity contribution in [3.8, 4) is 0 Å². The SMILES string of the molecule is NCC1CC(=O)N(c2cccc3[nH]ccc23)C1. The zero-order chi connectivity index (χ0) is 11.8. The van der Waals surface area contributed by atoms with Gasteiger partial charge in [0, 0.05) is 30.1 Å². The largest absolute Gasteiger partial charge is 0.361 e. The maximum atomic E-state index is 12.0. The van der Waals surface area contributed by atoms with Crippen LogP contribution >= 0.6 is 0 Å². The van der Waals surface area contributed by atoms with Gasteiger partial charge < -0.3 is 15.6 Å². The van der Waals surface area contributed by atoms with E-state index in [-0.39, 0.29) is 11.8 Å². The van der Waals surface area contributed by atoms with Gasteiger partial charge in [-0.2, -0.15) is 0 Å². The number of nitrogens with two attached hydrogens (primary N) is 1. The number of rotatable bonds is 2. The minimum atomic E-state index is 0.175. The van der Waals surface area contributed by atoms with Crippen molar-refractivity contribution >= 4 is 22.5 Å². The number of carbonyl (C=O) groups is 1. The van der Waals surface area contributed by atoms with E-state index in [0.29, 0.717) is 13.0 Å². The molecule has 17 heavy (non-hydrogen) atoms. The van der Waals surface area contributed by atoms with E-state index in [2.05, 4.69) is 4.98 Å². The molecule has 1 fully saturated rings. The van der Waals surface area contributed by atoms with Gasteiger partial charge in [-0.05, 0) is 30.7 Å². The van der Waals surface area contributed by atoms with Gasteiger partial charge in [0.05, 0.1) is 5.69 Å². The van der Waals surface area contributed by atoms with Gasteiger partial charge in [0.1, 0.15) is 0 Å². The van der Waals surface area contributed by atoms with Crippen LogP contribution in [-0.2, 0) is 4.79 Å². The number of nitrogens with zero attached hydrogens (tertiary/aromatic N) is 1. The van der Waals surface area contributed by atoms with Crippen molar-refractivity contribution in [3.63, 3.8) is 0 Å². The first-order valence-corrected chi connectivity index (χ1v) is 5.86. The average molecular weight is 229 g/mol. The van der Waals surface area contributed by atoms with Crippen LogP contribution in [0, 0.1) is 5.92 Å². The van der Waals surface area contributed by atoms with Crippen molar-refractivity contribution in [2.45, 2.75) is 6.42 Å². The highest BCUT2D eigenvalue weighted by atomic mass is 16.2. The molecule has 1 aliphatic rings. The summed E-state index contributed by atoms with van der Waals surface area (Å²) in [6.45, 7) is 1.31. The third-order valence-corrected chi connectivity index (χ3v) is 3.40. The summed E-state index contributed by atoms with van der Waals surface area (Å²) in [6, 6.07) is 7.98. The predicted octanol–water partition coefficient (Wildman–Crippen LogP) is 1.48. The van der Waals surface area contributed by atoms with Crippen LogP contribution in [0.25, 0.3) is 10.9 Å². The maximum Gasteiger partial charge on any atom is 0.227 e. The third kappa shape index (κ3) is 1.61. The molecule has 2 aromatic rings. The van der Waals surface area contributed by atoms with Crippen molar-refractivity contribution < 1.29 is 4.79 Å². The van der Waals surface area contributed by atoms with Crippen molar-refractivity contribution in [1.29, 1.82) is 0 Å². The van der Waals surface area contributed by atoms with Crippen LogP contribution < -0.4 is 10.6 Å². The third-order valence-electron chi connectivity index (χ3n) is 3.40. The lowest BCUT2D eigenvalue weighted by atomic mass is 10.1. The van der Waals surface area contributed by atoms with Crippen LogP contribution in [0.3, 0.4) is 0 Å². The molecule has 4 heteroatoms. The molecule has 3 N–H and O–H groups in total. The van der Waals surface area contributed by atoms with E-state index in [1.165, 1.54) is 0 Å². The standard InChI is InChI=1S/C13H15N3O/c14-7-9-6-13(17)16(8-9)12-3-1-2-11-10(12)4-5-15-11/h1-5,9,15H,6-8,14H2. The molecule has 4 nitrogen and oxygen atoms in total. The Kier molecular flexibility index (Phi) is 2.37. The van der Waals surface area contributed by atoms with Gasteiger partial charge in [-0.3, -0.25) is 4.79 Å². The predicted molar refractivity (Wildman–Crippen MR) is 67.8 cm³/mol. The zero-order valence-electron chi connectivity index (χ0n) is 9.52. The van der Waals surface area contributed by atoms with Crippen LogP contribution in [0.2, 0.25) is 0 Å². The van der Waals surface area contributed by atoms with E-state index in [1.54, 1.807) is 0 Å². The number of amides is 1. The van der Waals surface area contributed by atoms with Gasteiger partial charge in [0.2, 0.25) is 5.91 Å². The normalized spacial score (nSPS) is 20.4. The van der Waals surface area contributed by atoms with Gasteiger partial charge in [-0.1, -0.05) is 6.07 Å². The molecule has 88 valence electrons. The lowest BCUT2D eigenvalue weighted by Gasteiger charge is -2.17. The number of hydrogen-bond acceptors (Lipinski definition) is 2. The second-order valence-electron chi connectivity index (χ2n) is 4.53. The Balaban J connectivity index is 2.04. The highest BCUT2D eigenvalue weighted by molar-refractivity contribution is 6.04. The number of aromatic amines is 1. The Bertz CT molecular complexity index is 561. The van der Waals surface area contributed by atoms with E-state index >= 15 is 0 Å². The highest BCUT2D eigenvalue weighted by Crippen LogP contribution is 2.30. The van der Waals surface area contributed by atoms with Crippen LogP contribution in [0.5, 0.6) is 0 Å². The minimum absolute atomic E-state index is 0.175. The van der Waals surface area contributed by atoms with Gasteiger partial charge in [-0.15, -0.1) is 0 Å². The van der Waals surface area contributed by atoms with E-state index in [1.807, 2.05) is 35.4 Å². The van der Waals surface area contributed by atoms with E-state index < -0.39 is 0 Å². The monoisotopic (exact) mass is 229 g/mol. The first kappa shape index (κ1) is 10.4. The van der Waals surface area contributed by atoms with Gasteiger partial charge in [-0.25, -0.2) is 0 Å². The van der Waals surface area contributed by atoms with E-state index in [9.17, 15) is 4.79 Å². The van der Waals surface area contributed by atoms with E-state index in [4.69, 9.17) is 5.73 Å². The molecule has 1 atom stereocenters. The Labute approximate surface area is 99.4 Å². The lowest BCUT2D eigenvalue weighted by molar-refractivity contribution is -0.117. The fourth-order valence-electron chi connectivity index (χ4n) is 2.48. The molecule has 2 heterocycles. The smallest absolute Gasteiger partial charge is 0.227 e. The Morgan fingerprint density at radius 2 is 2.29 bits per heavy atom. The van der Waals surface area contributed by atoms with Crippen LogP contribution in [-0.4, -0.2) is 24.0 Å². The molecular weight excluding hydrogens is 214 g/mol. The number of H-pyrrole nitrogens is 1. The molecular formula is C13H15N3O. The fourth-order valence-corrected chi connectivity index (χ4v) is 2.48. The van der Waals surface area contributed by atoms with Gasteiger partial charge in [0.25, 0.3) is 0 Å². The number of nitrogens with one attached hydrogen (secondary N) is 1. The summed E-state index contributed by atoms with van der Waals surface area (Å²) in [5.41, 5.74) is 7.70. The molecule has 1 aromatic carbocycles. The molecule has 3 rings (SSSR count). The van der Waals surface area contributed by atoms with E-state index in [0.717, 1.165) is 23.1 Å². The minimum Gasteiger partial charge on any atom is -0.361 e. The topological polar surface area (TPSA) is 62.1 Å². The van der Waals surface area contributed by atoms with Gasteiger partial charge in [0.15, 0.2) is 0 Å². The molecule has 0 saturated carbocycles. The molecule has 1 aliphatic heterocycles. The Morgan fingerprint density at radius 1 is 1.41 bits per heavy atom. The lowest BCUT2D eigenvalue weighted by Crippen LogP contribution is -2.25. The van der Waals surface area contributed by atoms with Crippen molar-refractivity contribution in [1.82, 2.24) is 4.98 Å². The second-order valence-corrected chi connectivity index (χ2v) is 4.53. The maximum absolute atomic E-state index is 12.0. The van der Waals surface area contributed by atoms with Crippen LogP contribution in [0.4, 0.5) is 5.69 Å². The first-order valence-electron chi connectivity index (χ1n) is 5.86. The number of benzene rings is 1. The highest BCUT2D eigenvalue weighted by Gasteiger charge is 2.30. The summed E-state index contributed by atoms with van der Waals surface area (Å²) < 4.78 is 0. The number of aromatic nitrogens is 1. The van der Waals surface area contributed by atoms with Crippen LogP contribution in [0.15, 0.2) is 30.5 Å². The summed E-state index contributed by atoms with van der Waals surface area (Å²) in [7, 11) is 0. The van der Waals surface area contributed by atoms with Crippen molar-refractivity contribution in [2.75, 3.05) is 18.0 Å². The molecule has 0 bridgehead atoms. The Morgan fingerprint density at radius 3 is 3.06 bits per heavy atom. The molecule has 1 unspecified atom stereocenters. The molecule has 0 aliphatic carbocycles. The number of anilines is 1. The molecule has 1 aromatic heterocycles. The summed E-state index contributed by atoms with van der Waals surface area (Å²) in [5.74, 6) is 0.464. The molecule has 0 spiro atoms. The average Bonchev–Trinajstić information content (AvgIpc) is 2.94. The molecule has 1 saturated heterocycles.